The molecule has 200 valence electrons. The molecule has 0 saturated carbocycles. The Morgan fingerprint density at radius 3 is 2.53 bits per heavy atom. The van der Waals surface area contributed by atoms with Gasteiger partial charge in [-0.15, -0.1) is 0 Å². The van der Waals surface area contributed by atoms with Crippen molar-refractivity contribution in [2.45, 2.75) is 51.0 Å². The van der Waals surface area contributed by atoms with Crippen LogP contribution in [-0.4, -0.2) is 46.7 Å². The van der Waals surface area contributed by atoms with E-state index in [4.69, 9.17) is 4.74 Å². The zero-order chi connectivity index (χ0) is 27.2. The Labute approximate surface area is 219 Å². The number of aliphatic hydroxyl groups is 1. The highest BCUT2D eigenvalue weighted by Crippen LogP contribution is 2.31. The zero-order valence-electron chi connectivity index (χ0n) is 20.9. The fraction of sp³-hybridized carbons (Fsp3) is 0.310. The first kappa shape index (κ1) is 27.2. The van der Waals surface area contributed by atoms with E-state index in [-0.39, 0.29) is 47.8 Å². The smallest absolute Gasteiger partial charge is 0.261 e. The SMILES string of the molecule is CCc1cccc(CNC[C@@H](O)[C@H](Cc2cc(F)cc(F)c2)NC(=O)C2CC(=O)c3ccc(O)cc3O2)c1. The van der Waals surface area contributed by atoms with Crippen LogP contribution >= 0.6 is 0 Å². The summed E-state index contributed by atoms with van der Waals surface area (Å²) in [6.07, 6.45) is -1.72. The van der Waals surface area contributed by atoms with Crippen LogP contribution in [0, 0.1) is 11.6 Å². The van der Waals surface area contributed by atoms with E-state index in [9.17, 15) is 28.6 Å². The van der Waals surface area contributed by atoms with Crippen LogP contribution in [0.2, 0.25) is 0 Å². The van der Waals surface area contributed by atoms with E-state index >= 15 is 0 Å². The Balaban J connectivity index is 1.46. The first-order valence-corrected chi connectivity index (χ1v) is 12.5. The van der Waals surface area contributed by atoms with Crippen LogP contribution in [0.25, 0.3) is 0 Å². The van der Waals surface area contributed by atoms with Gasteiger partial charge in [-0.3, -0.25) is 9.59 Å². The molecule has 0 fully saturated rings. The predicted molar refractivity (Wildman–Crippen MR) is 137 cm³/mol. The lowest BCUT2D eigenvalue weighted by Gasteiger charge is -2.29. The number of aryl methyl sites for hydroxylation is 1. The summed E-state index contributed by atoms with van der Waals surface area (Å²) in [6.45, 7) is 2.62. The Kier molecular flexibility index (Phi) is 8.70. The zero-order valence-corrected chi connectivity index (χ0v) is 20.9. The van der Waals surface area contributed by atoms with Crippen molar-refractivity contribution in [2.75, 3.05) is 6.54 Å². The van der Waals surface area contributed by atoms with Crippen molar-refractivity contribution in [3.63, 3.8) is 0 Å². The van der Waals surface area contributed by atoms with Crippen LogP contribution in [0.1, 0.15) is 40.4 Å². The topological polar surface area (TPSA) is 108 Å². The maximum atomic E-state index is 13.8. The molecule has 1 unspecified atom stereocenters. The Hall–Kier alpha value is -3.82. The second-order valence-electron chi connectivity index (χ2n) is 9.38. The number of hydrogen-bond donors (Lipinski definition) is 4. The summed E-state index contributed by atoms with van der Waals surface area (Å²) in [4.78, 5) is 25.6. The lowest BCUT2D eigenvalue weighted by molar-refractivity contribution is -0.129. The van der Waals surface area contributed by atoms with Gasteiger partial charge in [0.05, 0.1) is 24.1 Å². The standard InChI is InChI=1S/C29H30F2N2O5/c1-2-17-4-3-5-18(8-17)15-32-16-26(36)24(11-19-9-20(30)12-21(31)10-19)33-29(37)28-14-25(35)23-7-6-22(34)13-27(23)38-28/h3-10,12-13,24,26,28,32,34,36H,2,11,14-16H2,1H3,(H,33,37)/t24-,26+,28?/m0/s1. The summed E-state index contributed by atoms with van der Waals surface area (Å²) in [5, 5.41) is 26.6. The average Bonchev–Trinajstić information content (AvgIpc) is 2.87. The summed E-state index contributed by atoms with van der Waals surface area (Å²) in [6, 6.07) is 14.1. The number of phenolic OH excluding ortho intramolecular Hbond substituents is 1. The second kappa shape index (κ2) is 12.1. The van der Waals surface area contributed by atoms with Crippen LogP contribution in [0.3, 0.4) is 0 Å². The molecule has 4 N–H and O–H groups in total. The molecule has 9 heteroatoms. The third-order valence-electron chi connectivity index (χ3n) is 6.45. The van der Waals surface area contributed by atoms with Gasteiger partial charge in [-0.25, -0.2) is 8.78 Å². The first-order chi connectivity index (χ1) is 18.2. The largest absolute Gasteiger partial charge is 0.508 e. The highest BCUT2D eigenvalue weighted by Gasteiger charge is 2.34. The fourth-order valence-corrected chi connectivity index (χ4v) is 4.47. The van der Waals surface area contributed by atoms with Crippen LogP contribution in [0.15, 0.2) is 60.7 Å². The maximum Gasteiger partial charge on any atom is 0.261 e. The van der Waals surface area contributed by atoms with Crippen molar-refractivity contribution in [3.05, 3.63) is 94.6 Å². The number of carbonyl (C=O) groups excluding carboxylic acids is 2. The second-order valence-corrected chi connectivity index (χ2v) is 9.38. The molecule has 1 heterocycles. The van der Waals surface area contributed by atoms with E-state index < -0.39 is 35.8 Å². The van der Waals surface area contributed by atoms with Gasteiger partial charge in [0, 0.05) is 25.2 Å². The predicted octanol–water partition coefficient (Wildman–Crippen LogP) is 3.44. The quantitative estimate of drug-likeness (QED) is 0.324. The van der Waals surface area contributed by atoms with Gasteiger partial charge in [-0.1, -0.05) is 31.2 Å². The summed E-state index contributed by atoms with van der Waals surface area (Å²) in [5.74, 6) is -2.57. The minimum absolute atomic E-state index is 0.0629. The molecule has 0 bridgehead atoms. The molecular weight excluding hydrogens is 494 g/mol. The van der Waals surface area contributed by atoms with Crippen LogP contribution in [0.4, 0.5) is 8.78 Å². The molecule has 1 aliphatic rings. The number of Topliss-reactive ketones (excluding diaryl/α,β-unsaturated/α-hetero) is 1. The van der Waals surface area contributed by atoms with Crippen molar-refractivity contribution < 1.29 is 33.3 Å². The molecule has 3 aromatic carbocycles. The molecular formula is C29H30F2N2O5. The fourth-order valence-electron chi connectivity index (χ4n) is 4.47. The maximum absolute atomic E-state index is 13.8. The summed E-state index contributed by atoms with van der Waals surface area (Å²) in [5.41, 5.74) is 2.72. The molecule has 38 heavy (non-hydrogen) atoms. The number of ether oxygens (including phenoxy) is 1. The number of nitrogens with one attached hydrogen (secondary N) is 2. The van der Waals surface area contributed by atoms with E-state index in [0.29, 0.717) is 6.54 Å². The van der Waals surface area contributed by atoms with Gasteiger partial charge in [0.2, 0.25) is 0 Å². The van der Waals surface area contributed by atoms with E-state index in [2.05, 4.69) is 23.6 Å². The molecule has 0 aliphatic carbocycles. The van der Waals surface area contributed by atoms with Gasteiger partial charge < -0.3 is 25.6 Å². The van der Waals surface area contributed by atoms with Crippen molar-refractivity contribution in [3.8, 4) is 11.5 Å². The molecule has 0 spiro atoms. The van der Waals surface area contributed by atoms with Gasteiger partial charge in [-0.05, 0) is 53.8 Å². The Morgan fingerprint density at radius 1 is 1.05 bits per heavy atom. The number of aromatic hydroxyl groups is 1. The number of fused-ring (bicyclic) bond motifs is 1. The summed E-state index contributed by atoms with van der Waals surface area (Å²) in [7, 11) is 0. The third kappa shape index (κ3) is 6.93. The van der Waals surface area contributed by atoms with Crippen molar-refractivity contribution in [2.24, 2.45) is 0 Å². The summed E-state index contributed by atoms with van der Waals surface area (Å²) < 4.78 is 33.3. The van der Waals surface area contributed by atoms with Gasteiger partial charge >= 0.3 is 0 Å². The number of halogens is 2. The molecule has 1 amide bonds. The molecule has 3 atom stereocenters. The molecule has 3 aromatic rings. The van der Waals surface area contributed by atoms with Gasteiger partial charge in [0.25, 0.3) is 5.91 Å². The van der Waals surface area contributed by atoms with E-state index in [1.165, 1.54) is 23.8 Å². The van der Waals surface area contributed by atoms with Gasteiger partial charge in [-0.2, -0.15) is 0 Å². The molecule has 1 aliphatic heterocycles. The molecule has 7 nitrogen and oxygen atoms in total. The lowest BCUT2D eigenvalue weighted by atomic mass is 9.98. The highest BCUT2D eigenvalue weighted by molar-refractivity contribution is 6.03. The van der Waals surface area contributed by atoms with Gasteiger partial charge in [0.15, 0.2) is 11.9 Å². The van der Waals surface area contributed by atoms with Crippen molar-refractivity contribution >= 4 is 11.7 Å². The number of aliphatic hydroxyl groups excluding tert-OH is 1. The number of carbonyl (C=O) groups is 2. The Bertz CT molecular complexity index is 1300. The number of phenols is 1. The van der Waals surface area contributed by atoms with Crippen molar-refractivity contribution in [1.82, 2.24) is 10.6 Å². The van der Waals surface area contributed by atoms with E-state index in [1.807, 2.05) is 18.2 Å². The first-order valence-electron chi connectivity index (χ1n) is 12.5. The normalized spacial score (nSPS) is 16.3. The molecule has 0 radical (unpaired) electrons. The van der Waals surface area contributed by atoms with Crippen LogP contribution in [0.5, 0.6) is 11.5 Å². The van der Waals surface area contributed by atoms with Crippen LogP contribution in [-0.2, 0) is 24.2 Å². The van der Waals surface area contributed by atoms with E-state index in [0.717, 1.165) is 30.2 Å². The lowest BCUT2D eigenvalue weighted by Crippen LogP contribution is -2.53. The summed E-state index contributed by atoms with van der Waals surface area (Å²) >= 11 is 0. The number of amides is 1. The van der Waals surface area contributed by atoms with E-state index in [1.54, 1.807) is 0 Å². The number of ketones is 1. The third-order valence-corrected chi connectivity index (χ3v) is 6.45. The Morgan fingerprint density at radius 2 is 1.79 bits per heavy atom. The number of hydrogen-bond acceptors (Lipinski definition) is 6. The molecule has 4 rings (SSSR count). The molecule has 0 saturated heterocycles. The number of benzene rings is 3. The highest BCUT2D eigenvalue weighted by atomic mass is 19.1. The average molecular weight is 525 g/mol. The molecule has 0 aromatic heterocycles. The monoisotopic (exact) mass is 524 g/mol. The van der Waals surface area contributed by atoms with Crippen molar-refractivity contribution in [1.29, 1.82) is 0 Å². The van der Waals surface area contributed by atoms with Crippen LogP contribution < -0.4 is 15.4 Å². The minimum Gasteiger partial charge on any atom is -0.508 e. The minimum atomic E-state index is -1.19. The number of rotatable bonds is 10. The van der Waals surface area contributed by atoms with Gasteiger partial charge in [0.1, 0.15) is 23.1 Å².